The zero-order chi connectivity index (χ0) is 10.4. The average Bonchev–Trinajstić information content (AvgIpc) is 2.67. The Hall–Kier alpha value is -1.45. The van der Waals surface area contributed by atoms with Gasteiger partial charge in [-0.25, -0.2) is 4.79 Å². The van der Waals surface area contributed by atoms with Crippen LogP contribution in [0.3, 0.4) is 0 Å². The van der Waals surface area contributed by atoms with Gasteiger partial charge in [-0.3, -0.25) is 0 Å². The molecule has 0 aliphatic carbocycles. The Bertz CT molecular complexity index is 270. The molecule has 0 aliphatic rings. The molecule has 0 fully saturated rings. The van der Waals surface area contributed by atoms with E-state index in [0.717, 1.165) is 12.2 Å². The Labute approximate surface area is 83.7 Å². The fourth-order valence-electron chi connectivity index (χ4n) is 0.957. The largest absolute Gasteiger partial charge is 0.467 e. The Morgan fingerprint density at radius 1 is 1.64 bits per heavy atom. The van der Waals surface area contributed by atoms with Crippen molar-refractivity contribution in [3.63, 3.8) is 0 Å². The summed E-state index contributed by atoms with van der Waals surface area (Å²) in [5, 5.41) is 5.51. The van der Waals surface area contributed by atoms with E-state index >= 15 is 0 Å². The summed E-state index contributed by atoms with van der Waals surface area (Å²) in [5.41, 5.74) is 0. The first kappa shape index (κ1) is 10.6. The lowest BCUT2D eigenvalue weighted by Crippen LogP contribution is -2.40. The molecule has 14 heavy (non-hydrogen) atoms. The molecule has 1 aromatic rings. The molecule has 1 heterocycles. The van der Waals surface area contributed by atoms with Gasteiger partial charge in [0.15, 0.2) is 0 Å². The predicted octanol–water partition coefficient (Wildman–Crippen LogP) is 1.88. The molecule has 1 atom stereocenters. The van der Waals surface area contributed by atoms with E-state index < -0.39 is 0 Å². The van der Waals surface area contributed by atoms with E-state index in [4.69, 9.17) is 4.42 Å². The highest BCUT2D eigenvalue weighted by molar-refractivity contribution is 5.74. The standard InChI is InChI=1S/C10H16N2O2/c1-3-8(2)12-10(13)11-7-9-5-4-6-14-9/h4-6,8H,3,7H2,1-2H3,(H2,11,12,13)/t8-/m0/s1. The molecule has 0 spiro atoms. The minimum Gasteiger partial charge on any atom is -0.467 e. The fourth-order valence-corrected chi connectivity index (χ4v) is 0.957. The second-order valence-electron chi connectivity index (χ2n) is 3.22. The molecule has 0 saturated heterocycles. The number of carbonyl (C=O) groups is 1. The topological polar surface area (TPSA) is 54.3 Å². The summed E-state index contributed by atoms with van der Waals surface area (Å²) in [6.07, 6.45) is 2.51. The predicted molar refractivity (Wildman–Crippen MR) is 53.8 cm³/mol. The molecule has 0 aliphatic heterocycles. The monoisotopic (exact) mass is 196 g/mol. The van der Waals surface area contributed by atoms with Gasteiger partial charge in [-0.1, -0.05) is 6.92 Å². The van der Waals surface area contributed by atoms with Gasteiger partial charge in [0.05, 0.1) is 12.8 Å². The third-order valence-corrected chi connectivity index (χ3v) is 1.99. The maximum atomic E-state index is 11.2. The van der Waals surface area contributed by atoms with Gasteiger partial charge in [0.1, 0.15) is 5.76 Å². The van der Waals surface area contributed by atoms with E-state index in [0.29, 0.717) is 6.54 Å². The molecule has 2 N–H and O–H groups in total. The van der Waals surface area contributed by atoms with Crippen molar-refractivity contribution in [1.29, 1.82) is 0 Å². The normalized spacial score (nSPS) is 12.1. The van der Waals surface area contributed by atoms with Crippen molar-refractivity contribution in [2.75, 3.05) is 0 Å². The molecule has 0 aromatic carbocycles. The first-order valence-electron chi connectivity index (χ1n) is 4.79. The van der Waals surface area contributed by atoms with Crippen LogP contribution in [0.5, 0.6) is 0 Å². The summed E-state index contributed by atoms with van der Waals surface area (Å²) in [5.74, 6) is 0.754. The van der Waals surface area contributed by atoms with Crippen molar-refractivity contribution >= 4 is 6.03 Å². The second kappa shape index (κ2) is 5.32. The molecule has 2 amide bonds. The maximum Gasteiger partial charge on any atom is 0.315 e. The van der Waals surface area contributed by atoms with Crippen LogP contribution < -0.4 is 10.6 Å². The van der Waals surface area contributed by atoms with Crippen LogP contribution in [0.2, 0.25) is 0 Å². The van der Waals surface area contributed by atoms with Crippen molar-refractivity contribution in [2.45, 2.75) is 32.9 Å². The summed E-state index contributed by atoms with van der Waals surface area (Å²) in [7, 11) is 0. The molecule has 1 rings (SSSR count). The fraction of sp³-hybridized carbons (Fsp3) is 0.500. The van der Waals surface area contributed by atoms with Crippen LogP contribution in [0.4, 0.5) is 4.79 Å². The number of rotatable bonds is 4. The molecule has 4 nitrogen and oxygen atoms in total. The molecule has 4 heteroatoms. The smallest absolute Gasteiger partial charge is 0.315 e. The van der Waals surface area contributed by atoms with Gasteiger partial charge < -0.3 is 15.1 Å². The van der Waals surface area contributed by atoms with Crippen LogP contribution in [0.1, 0.15) is 26.0 Å². The van der Waals surface area contributed by atoms with Crippen LogP contribution >= 0.6 is 0 Å². The minimum atomic E-state index is -0.157. The zero-order valence-electron chi connectivity index (χ0n) is 8.54. The quantitative estimate of drug-likeness (QED) is 0.772. The molecule has 1 aromatic heterocycles. The van der Waals surface area contributed by atoms with Crippen molar-refractivity contribution in [1.82, 2.24) is 10.6 Å². The van der Waals surface area contributed by atoms with Crippen LogP contribution in [0.15, 0.2) is 22.8 Å². The van der Waals surface area contributed by atoms with Gasteiger partial charge in [-0.05, 0) is 25.5 Å². The lowest BCUT2D eigenvalue weighted by molar-refractivity contribution is 0.236. The lowest BCUT2D eigenvalue weighted by Gasteiger charge is -2.11. The van der Waals surface area contributed by atoms with E-state index in [-0.39, 0.29) is 12.1 Å². The van der Waals surface area contributed by atoms with Crippen LogP contribution in [-0.2, 0) is 6.54 Å². The number of nitrogens with one attached hydrogen (secondary N) is 2. The van der Waals surface area contributed by atoms with Gasteiger partial charge in [-0.15, -0.1) is 0 Å². The first-order valence-corrected chi connectivity index (χ1v) is 4.79. The molecule has 0 saturated carbocycles. The number of furan rings is 1. The number of hydrogen-bond acceptors (Lipinski definition) is 2. The highest BCUT2D eigenvalue weighted by atomic mass is 16.3. The highest BCUT2D eigenvalue weighted by Gasteiger charge is 2.04. The summed E-state index contributed by atoms with van der Waals surface area (Å²) in [6, 6.07) is 3.66. The van der Waals surface area contributed by atoms with E-state index in [1.165, 1.54) is 0 Å². The van der Waals surface area contributed by atoms with Gasteiger partial charge >= 0.3 is 6.03 Å². The second-order valence-corrected chi connectivity index (χ2v) is 3.22. The Balaban J connectivity index is 2.22. The van der Waals surface area contributed by atoms with Gasteiger partial charge in [0.25, 0.3) is 0 Å². The summed E-state index contributed by atoms with van der Waals surface area (Å²) in [6.45, 7) is 4.42. The Morgan fingerprint density at radius 2 is 2.43 bits per heavy atom. The third kappa shape index (κ3) is 3.51. The molecule has 0 bridgehead atoms. The van der Waals surface area contributed by atoms with Crippen molar-refractivity contribution in [2.24, 2.45) is 0 Å². The van der Waals surface area contributed by atoms with Crippen LogP contribution in [0, 0.1) is 0 Å². The number of amides is 2. The van der Waals surface area contributed by atoms with Gasteiger partial charge in [-0.2, -0.15) is 0 Å². The van der Waals surface area contributed by atoms with Crippen molar-refractivity contribution in [3.8, 4) is 0 Å². The number of urea groups is 1. The van der Waals surface area contributed by atoms with Crippen molar-refractivity contribution in [3.05, 3.63) is 24.2 Å². The molecule has 0 radical (unpaired) electrons. The summed E-state index contributed by atoms with van der Waals surface area (Å²) in [4.78, 5) is 11.2. The summed E-state index contributed by atoms with van der Waals surface area (Å²) < 4.78 is 5.07. The molecular weight excluding hydrogens is 180 g/mol. The van der Waals surface area contributed by atoms with Crippen LogP contribution in [0.25, 0.3) is 0 Å². The molecular formula is C10H16N2O2. The van der Waals surface area contributed by atoms with Crippen molar-refractivity contribution < 1.29 is 9.21 Å². The van der Waals surface area contributed by atoms with Gasteiger partial charge in [0.2, 0.25) is 0 Å². The average molecular weight is 196 g/mol. The number of hydrogen-bond donors (Lipinski definition) is 2. The Kier molecular flexibility index (Phi) is 4.04. The van der Waals surface area contributed by atoms with E-state index in [9.17, 15) is 4.79 Å². The van der Waals surface area contributed by atoms with E-state index in [1.807, 2.05) is 19.9 Å². The third-order valence-electron chi connectivity index (χ3n) is 1.99. The summed E-state index contributed by atoms with van der Waals surface area (Å²) >= 11 is 0. The van der Waals surface area contributed by atoms with E-state index in [1.54, 1.807) is 12.3 Å². The lowest BCUT2D eigenvalue weighted by atomic mass is 10.3. The Morgan fingerprint density at radius 3 is 3.00 bits per heavy atom. The van der Waals surface area contributed by atoms with E-state index in [2.05, 4.69) is 10.6 Å². The molecule has 78 valence electrons. The maximum absolute atomic E-state index is 11.2. The van der Waals surface area contributed by atoms with Crippen LogP contribution in [-0.4, -0.2) is 12.1 Å². The minimum absolute atomic E-state index is 0.157. The van der Waals surface area contributed by atoms with Gasteiger partial charge in [0, 0.05) is 6.04 Å². The molecule has 0 unspecified atom stereocenters. The first-order chi connectivity index (χ1) is 6.72. The highest BCUT2D eigenvalue weighted by Crippen LogP contribution is 1.98. The zero-order valence-corrected chi connectivity index (χ0v) is 8.54. The number of carbonyl (C=O) groups excluding carboxylic acids is 1. The SMILES string of the molecule is CC[C@H](C)NC(=O)NCc1ccco1.